The molecule has 5 nitrogen and oxygen atoms in total. The van der Waals surface area contributed by atoms with Crippen molar-refractivity contribution in [2.75, 3.05) is 13.1 Å². The minimum Gasteiger partial charge on any atom is -0.480 e. The Kier molecular flexibility index (Phi) is 6.81. The number of amides is 2. The molecule has 0 bridgehead atoms. The van der Waals surface area contributed by atoms with Crippen molar-refractivity contribution in [3.63, 3.8) is 0 Å². The zero-order valence-electron chi connectivity index (χ0n) is 11.9. The Morgan fingerprint density at radius 3 is 2.15 bits per heavy atom. The van der Waals surface area contributed by atoms with Crippen LogP contribution in [0.25, 0.3) is 0 Å². The number of urea groups is 1. The van der Waals surface area contributed by atoms with Crippen LogP contribution in [0.1, 0.15) is 40.0 Å². The fourth-order valence-electron chi connectivity index (χ4n) is 1.65. The first-order valence-electron chi connectivity index (χ1n) is 6.38. The van der Waals surface area contributed by atoms with E-state index in [1.807, 2.05) is 0 Å². The molecule has 0 aromatic heterocycles. The SMILES string of the molecule is CCN(C(=O)NCCCCC(F)(F)F)C(C)(C)C(=O)O. The summed E-state index contributed by atoms with van der Waals surface area (Å²) in [6, 6.07) is -0.591. The van der Waals surface area contributed by atoms with Crippen molar-refractivity contribution in [2.45, 2.75) is 51.7 Å². The van der Waals surface area contributed by atoms with Crippen molar-refractivity contribution in [3.8, 4) is 0 Å². The fraction of sp³-hybridized carbons (Fsp3) is 0.833. The number of likely N-dealkylation sites (N-methyl/N-ethyl adjacent to an activating group) is 1. The number of nitrogens with one attached hydrogen (secondary N) is 1. The Bertz CT molecular complexity index is 343. The third kappa shape index (κ3) is 6.12. The van der Waals surface area contributed by atoms with Crippen molar-refractivity contribution in [1.29, 1.82) is 0 Å². The number of hydrogen-bond donors (Lipinski definition) is 2. The maximum atomic E-state index is 11.9. The zero-order chi connectivity index (χ0) is 16.0. The lowest BCUT2D eigenvalue weighted by Crippen LogP contribution is -2.56. The van der Waals surface area contributed by atoms with Gasteiger partial charge in [0.25, 0.3) is 0 Å². The summed E-state index contributed by atoms with van der Waals surface area (Å²) < 4.78 is 35.7. The van der Waals surface area contributed by atoms with Gasteiger partial charge in [0.2, 0.25) is 0 Å². The normalized spacial score (nSPS) is 12.1. The van der Waals surface area contributed by atoms with Crippen LogP contribution in [0.2, 0.25) is 0 Å². The second-order valence-corrected chi connectivity index (χ2v) is 4.91. The topological polar surface area (TPSA) is 69.6 Å². The van der Waals surface area contributed by atoms with Crippen molar-refractivity contribution < 1.29 is 27.9 Å². The van der Waals surface area contributed by atoms with Crippen LogP contribution >= 0.6 is 0 Å². The molecular weight excluding hydrogens is 277 g/mol. The van der Waals surface area contributed by atoms with E-state index >= 15 is 0 Å². The van der Waals surface area contributed by atoms with Crippen LogP contribution in [0.4, 0.5) is 18.0 Å². The molecule has 0 aliphatic rings. The van der Waals surface area contributed by atoms with Crippen LogP contribution in [-0.2, 0) is 4.79 Å². The molecule has 0 spiro atoms. The van der Waals surface area contributed by atoms with E-state index < -0.39 is 30.1 Å². The minimum atomic E-state index is -4.19. The zero-order valence-corrected chi connectivity index (χ0v) is 11.9. The second-order valence-electron chi connectivity index (χ2n) is 4.91. The fourth-order valence-corrected chi connectivity index (χ4v) is 1.65. The predicted molar refractivity (Wildman–Crippen MR) is 67.4 cm³/mol. The van der Waals surface area contributed by atoms with Gasteiger partial charge in [0.1, 0.15) is 5.54 Å². The summed E-state index contributed by atoms with van der Waals surface area (Å²) in [5, 5.41) is 11.5. The molecule has 118 valence electrons. The Balaban J connectivity index is 4.22. The predicted octanol–water partition coefficient (Wildman–Crippen LogP) is 2.61. The molecule has 0 heterocycles. The molecule has 0 aromatic rings. The molecule has 0 aliphatic carbocycles. The highest BCUT2D eigenvalue weighted by Crippen LogP contribution is 2.22. The standard InChI is InChI=1S/C12H21F3N2O3/c1-4-17(11(2,3)9(18)19)10(20)16-8-6-5-7-12(13,14)15/h4-8H2,1-3H3,(H,16,20)(H,18,19). The number of unbranched alkanes of at least 4 members (excludes halogenated alkanes) is 1. The van der Waals surface area contributed by atoms with Crippen LogP contribution in [0.15, 0.2) is 0 Å². The minimum absolute atomic E-state index is 0.0712. The Morgan fingerprint density at radius 2 is 1.75 bits per heavy atom. The van der Waals surface area contributed by atoms with E-state index in [0.717, 1.165) is 4.90 Å². The number of carboxylic acids is 1. The number of nitrogens with zero attached hydrogens (tertiary/aromatic N) is 1. The number of carbonyl (C=O) groups excluding carboxylic acids is 1. The molecule has 0 aromatic carbocycles. The van der Waals surface area contributed by atoms with Crippen LogP contribution < -0.4 is 5.32 Å². The highest BCUT2D eigenvalue weighted by atomic mass is 19.4. The molecule has 2 N–H and O–H groups in total. The Morgan fingerprint density at radius 1 is 1.20 bits per heavy atom. The molecule has 8 heteroatoms. The van der Waals surface area contributed by atoms with E-state index in [2.05, 4.69) is 5.32 Å². The second kappa shape index (κ2) is 7.35. The van der Waals surface area contributed by atoms with E-state index in [1.54, 1.807) is 6.92 Å². The van der Waals surface area contributed by atoms with Gasteiger partial charge >= 0.3 is 18.2 Å². The first-order valence-corrected chi connectivity index (χ1v) is 6.38. The van der Waals surface area contributed by atoms with Crippen LogP contribution in [0.3, 0.4) is 0 Å². The van der Waals surface area contributed by atoms with Gasteiger partial charge in [-0.1, -0.05) is 0 Å². The van der Waals surface area contributed by atoms with Gasteiger partial charge in [-0.05, 0) is 33.6 Å². The molecule has 0 rings (SSSR count). The number of alkyl halides is 3. The van der Waals surface area contributed by atoms with E-state index in [9.17, 15) is 22.8 Å². The highest BCUT2D eigenvalue weighted by molar-refractivity contribution is 5.85. The van der Waals surface area contributed by atoms with Crippen molar-refractivity contribution in [3.05, 3.63) is 0 Å². The monoisotopic (exact) mass is 298 g/mol. The molecule has 2 amide bonds. The Labute approximate surface area is 116 Å². The van der Waals surface area contributed by atoms with Gasteiger partial charge in [-0.2, -0.15) is 13.2 Å². The van der Waals surface area contributed by atoms with Crippen LogP contribution in [0, 0.1) is 0 Å². The molecule has 0 saturated carbocycles. The number of halogens is 3. The summed E-state index contributed by atoms with van der Waals surface area (Å²) >= 11 is 0. The number of aliphatic carboxylic acids is 1. The lowest BCUT2D eigenvalue weighted by atomic mass is 10.0. The van der Waals surface area contributed by atoms with Crippen LogP contribution in [0.5, 0.6) is 0 Å². The van der Waals surface area contributed by atoms with Crippen molar-refractivity contribution in [1.82, 2.24) is 10.2 Å². The number of hydrogen-bond acceptors (Lipinski definition) is 2. The van der Waals surface area contributed by atoms with Crippen LogP contribution in [-0.4, -0.2) is 46.8 Å². The van der Waals surface area contributed by atoms with Crippen molar-refractivity contribution >= 4 is 12.0 Å². The molecule has 20 heavy (non-hydrogen) atoms. The quantitative estimate of drug-likeness (QED) is 0.710. The molecule has 0 aliphatic heterocycles. The average Bonchev–Trinajstić information content (AvgIpc) is 2.27. The lowest BCUT2D eigenvalue weighted by molar-refractivity contribution is -0.147. The molecule has 0 fully saturated rings. The molecule has 0 unspecified atom stereocenters. The summed E-state index contributed by atoms with van der Waals surface area (Å²) in [6.07, 6.45) is -4.96. The van der Waals surface area contributed by atoms with Gasteiger partial charge in [-0.15, -0.1) is 0 Å². The van der Waals surface area contributed by atoms with Crippen molar-refractivity contribution in [2.24, 2.45) is 0 Å². The molecule has 0 saturated heterocycles. The summed E-state index contributed by atoms with van der Waals surface area (Å²) in [5.74, 6) is -1.15. The maximum Gasteiger partial charge on any atom is 0.389 e. The largest absolute Gasteiger partial charge is 0.480 e. The van der Waals surface area contributed by atoms with Gasteiger partial charge < -0.3 is 15.3 Å². The summed E-state index contributed by atoms with van der Waals surface area (Å²) in [4.78, 5) is 24.0. The third-order valence-electron chi connectivity index (χ3n) is 2.92. The summed E-state index contributed by atoms with van der Waals surface area (Å²) in [6.45, 7) is 4.69. The lowest BCUT2D eigenvalue weighted by Gasteiger charge is -2.34. The first kappa shape index (κ1) is 18.5. The average molecular weight is 298 g/mol. The molecule has 0 atom stereocenters. The van der Waals surface area contributed by atoms with E-state index in [4.69, 9.17) is 5.11 Å². The third-order valence-corrected chi connectivity index (χ3v) is 2.92. The number of rotatable bonds is 7. The number of carboxylic acid groups (broad SMARTS) is 1. The van der Waals surface area contributed by atoms with Gasteiger partial charge in [0.15, 0.2) is 0 Å². The van der Waals surface area contributed by atoms with Gasteiger partial charge in [0.05, 0.1) is 0 Å². The van der Waals surface area contributed by atoms with E-state index in [0.29, 0.717) is 0 Å². The Hall–Kier alpha value is -1.47. The summed E-state index contributed by atoms with van der Waals surface area (Å²) in [5.41, 5.74) is -1.37. The van der Waals surface area contributed by atoms with Gasteiger partial charge in [0, 0.05) is 19.5 Å². The molecular formula is C12H21F3N2O3. The van der Waals surface area contributed by atoms with Gasteiger partial charge in [-0.3, -0.25) is 0 Å². The molecule has 0 radical (unpaired) electrons. The highest BCUT2D eigenvalue weighted by Gasteiger charge is 2.36. The summed E-state index contributed by atoms with van der Waals surface area (Å²) in [7, 11) is 0. The number of carbonyl (C=O) groups is 2. The van der Waals surface area contributed by atoms with E-state index in [1.165, 1.54) is 13.8 Å². The van der Waals surface area contributed by atoms with Gasteiger partial charge in [-0.25, -0.2) is 9.59 Å². The van der Waals surface area contributed by atoms with E-state index in [-0.39, 0.29) is 25.9 Å². The first-order chi connectivity index (χ1) is 9.02. The smallest absolute Gasteiger partial charge is 0.389 e. The maximum absolute atomic E-state index is 11.9.